The average molecular weight is 311 g/mol. The fourth-order valence-corrected chi connectivity index (χ4v) is 3.14. The molecule has 116 valence electrons. The summed E-state index contributed by atoms with van der Waals surface area (Å²) in [5.74, 6) is 0. The zero-order chi connectivity index (χ0) is 15.6. The van der Waals surface area contributed by atoms with Crippen molar-refractivity contribution in [3.63, 3.8) is 0 Å². The highest BCUT2D eigenvalue weighted by Crippen LogP contribution is 2.17. The lowest BCUT2D eigenvalue weighted by molar-refractivity contribution is 0.465. The first kappa shape index (κ1) is 15.7. The van der Waals surface area contributed by atoms with Crippen LogP contribution in [0.5, 0.6) is 0 Å². The summed E-state index contributed by atoms with van der Waals surface area (Å²) in [6, 6.07) is 0. The highest BCUT2D eigenvalue weighted by atomic mass is 32.2. The standard InChI is InChI=1S/C13H21N5O2S/c1-5-17-10-13(7-14-17)21(19,20)16(4)8-12-9-18(6-2)15-11(12)3/h7,9-10H,5-6,8H2,1-4H3. The van der Waals surface area contributed by atoms with E-state index in [0.29, 0.717) is 13.1 Å². The first-order valence-corrected chi connectivity index (χ1v) is 8.34. The molecule has 8 heteroatoms. The zero-order valence-electron chi connectivity index (χ0n) is 12.8. The predicted octanol–water partition coefficient (Wildman–Crippen LogP) is 1.25. The fourth-order valence-electron chi connectivity index (χ4n) is 2.03. The Kier molecular flexibility index (Phi) is 4.48. The first-order valence-electron chi connectivity index (χ1n) is 6.90. The molecule has 2 rings (SSSR count). The minimum absolute atomic E-state index is 0.215. The van der Waals surface area contributed by atoms with Crippen molar-refractivity contribution in [2.45, 2.75) is 45.3 Å². The summed E-state index contributed by atoms with van der Waals surface area (Å²) < 4.78 is 29.7. The molecular formula is C13H21N5O2S. The molecule has 0 saturated carbocycles. The molecule has 21 heavy (non-hydrogen) atoms. The molecule has 0 atom stereocenters. The minimum Gasteiger partial charge on any atom is -0.272 e. The number of nitrogens with zero attached hydrogens (tertiary/aromatic N) is 5. The SMILES string of the molecule is CCn1cc(S(=O)(=O)N(C)Cc2cn(CC)nc2C)cn1. The summed E-state index contributed by atoms with van der Waals surface area (Å²) in [4.78, 5) is 0.215. The van der Waals surface area contributed by atoms with E-state index in [2.05, 4.69) is 10.2 Å². The number of aryl methyl sites for hydroxylation is 3. The number of rotatable bonds is 6. The highest BCUT2D eigenvalue weighted by Gasteiger charge is 2.23. The number of aromatic nitrogens is 4. The van der Waals surface area contributed by atoms with Gasteiger partial charge in [-0.05, 0) is 20.8 Å². The summed E-state index contributed by atoms with van der Waals surface area (Å²) in [5.41, 5.74) is 1.76. The van der Waals surface area contributed by atoms with Gasteiger partial charge in [0.15, 0.2) is 0 Å². The summed E-state index contributed by atoms with van der Waals surface area (Å²) >= 11 is 0. The van der Waals surface area contributed by atoms with Crippen molar-refractivity contribution in [3.05, 3.63) is 29.8 Å². The van der Waals surface area contributed by atoms with E-state index in [1.54, 1.807) is 22.6 Å². The quantitative estimate of drug-likeness (QED) is 0.805. The second kappa shape index (κ2) is 5.98. The van der Waals surface area contributed by atoms with E-state index in [9.17, 15) is 8.42 Å². The van der Waals surface area contributed by atoms with Crippen LogP contribution in [0.2, 0.25) is 0 Å². The van der Waals surface area contributed by atoms with Crippen molar-refractivity contribution >= 4 is 10.0 Å². The molecule has 0 saturated heterocycles. The Morgan fingerprint density at radius 2 is 1.86 bits per heavy atom. The van der Waals surface area contributed by atoms with Crippen LogP contribution in [0.15, 0.2) is 23.5 Å². The topological polar surface area (TPSA) is 73.0 Å². The van der Waals surface area contributed by atoms with Gasteiger partial charge in [-0.25, -0.2) is 8.42 Å². The summed E-state index contributed by atoms with van der Waals surface area (Å²) in [6.07, 6.45) is 4.82. The van der Waals surface area contributed by atoms with Gasteiger partial charge in [0.1, 0.15) is 4.90 Å². The van der Waals surface area contributed by atoms with Gasteiger partial charge < -0.3 is 0 Å². The van der Waals surface area contributed by atoms with Gasteiger partial charge in [0, 0.05) is 44.6 Å². The molecule has 0 unspecified atom stereocenters. The smallest absolute Gasteiger partial charge is 0.246 e. The lowest BCUT2D eigenvalue weighted by Crippen LogP contribution is -2.26. The lowest BCUT2D eigenvalue weighted by Gasteiger charge is -2.15. The Labute approximate surface area is 125 Å². The van der Waals surface area contributed by atoms with Crippen molar-refractivity contribution in [1.82, 2.24) is 23.9 Å². The van der Waals surface area contributed by atoms with Crippen LogP contribution in [0.3, 0.4) is 0 Å². The predicted molar refractivity (Wildman–Crippen MR) is 79.2 cm³/mol. The van der Waals surface area contributed by atoms with E-state index in [-0.39, 0.29) is 4.90 Å². The Morgan fingerprint density at radius 3 is 2.38 bits per heavy atom. The van der Waals surface area contributed by atoms with Crippen LogP contribution in [0.1, 0.15) is 25.1 Å². The Bertz CT molecular complexity index is 717. The molecule has 0 aliphatic carbocycles. The molecule has 0 fully saturated rings. The van der Waals surface area contributed by atoms with Crippen LogP contribution >= 0.6 is 0 Å². The van der Waals surface area contributed by atoms with Gasteiger partial charge in [-0.2, -0.15) is 14.5 Å². The Hall–Kier alpha value is -1.67. The van der Waals surface area contributed by atoms with Crippen molar-refractivity contribution in [3.8, 4) is 0 Å². The molecule has 2 aromatic rings. The maximum absolute atomic E-state index is 12.5. The molecule has 0 amide bonds. The second-order valence-electron chi connectivity index (χ2n) is 4.89. The van der Waals surface area contributed by atoms with E-state index in [1.807, 2.05) is 27.0 Å². The van der Waals surface area contributed by atoms with E-state index in [0.717, 1.165) is 17.8 Å². The maximum Gasteiger partial charge on any atom is 0.246 e. The normalized spacial score (nSPS) is 12.2. The molecule has 0 aromatic carbocycles. The molecule has 0 bridgehead atoms. The third-order valence-electron chi connectivity index (χ3n) is 3.41. The molecule has 0 aliphatic rings. The van der Waals surface area contributed by atoms with Gasteiger partial charge in [0.05, 0.1) is 11.9 Å². The van der Waals surface area contributed by atoms with Gasteiger partial charge in [0.2, 0.25) is 10.0 Å². The largest absolute Gasteiger partial charge is 0.272 e. The van der Waals surface area contributed by atoms with Crippen LogP contribution < -0.4 is 0 Å². The van der Waals surface area contributed by atoms with Gasteiger partial charge >= 0.3 is 0 Å². The molecule has 0 spiro atoms. The fraction of sp³-hybridized carbons (Fsp3) is 0.538. The van der Waals surface area contributed by atoms with Gasteiger partial charge in [0.25, 0.3) is 0 Å². The van der Waals surface area contributed by atoms with Crippen LogP contribution in [0.25, 0.3) is 0 Å². The van der Waals surface area contributed by atoms with Crippen molar-refractivity contribution in [1.29, 1.82) is 0 Å². The van der Waals surface area contributed by atoms with Gasteiger partial charge in [-0.15, -0.1) is 0 Å². The monoisotopic (exact) mass is 311 g/mol. The molecule has 2 heterocycles. The maximum atomic E-state index is 12.5. The first-order chi connectivity index (χ1) is 9.88. The second-order valence-corrected chi connectivity index (χ2v) is 6.93. The van der Waals surface area contributed by atoms with Crippen molar-refractivity contribution in [2.75, 3.05) is 7.05 Å². The number of hydrogen-bond donors (Lipinski definition) is 0. The third-order valence-corrected chi connectivity index (χ3v) is 5.16. The number of sulfonamides is 1. The summed E-state index contributed by atoms with van der Waals surface area (Å²) in [5, 5.41) is 8.35. The Balaban J connectivity index is 2.21. The van der Waals surface area contributed by atoms with Crippen molar-refractivity contribution < 1.29 is 8.42 Å². The molecule has 0 radical (unpaired) electrons. The Morgan fingerprint density at radius 1 is 1.19 bits per heavy atom. The average Bonchev–Trinajstić information content (AvgIpc) is 3.06. The zero-order valence-corrected chi connectivity index (χ0v) is 13.6. The molecule has 7 nitrogen and oxygen atoms in total. The van der Waals surface area contributed by atoms with E-state index >= 15 is 0 Å². The van der Waals surface area contributed by atoms with Crippen LogP contribution in [0.4, 0.5) is 0 Å². The van der Waals surface area contributed by atoms with Crippen molar-refractivity contribution in [2.24, 2.45) is 0 Å². The lowest BCUT2D eigenvalue weighted by atomic mass is 10.3. The van der Waals surface area contributed by atoms with E-state index in [4.69, 9.17) is 0 Å². The van der Waals surface area contributed by atoms with E-state index < -0.39 is 10.0 Å². The number of hydrogen-bond acceptors (Lipinski definition) is 4. The van der Waals surface area contributed by atoms with Crippen LogP contribution in [-0.2, 0) is 29.7 Å². The summed E-state index contributed by atoms with van der Waals surface area (Å²) in [6.45, 7) is 7.50. The molecular weight excluding hydrogens is 290 g/mol. The third kappa shape index (κ3) is 3.16. The highest BCUT2D eigenvalue weighted by molar-refractivity contribution is 7.89. The summed E-state index contributed by atoms with van der Waals surface area (Å²) in [7, 11) is -1.96. The minimum atomic E-state index is -3.53. The van der Waals surface area contributed by atoms with E-state index in [1.165, 1.54) is 10.5 Å². The molecule has 0 N–H and O–H groups in total. The van der Waals surface area contributed by atoms with Crippen LogP contribution in [0, 0.1) is 6.92 Å². The molecule has 0 aliphatic heterocycles. The van der Waals surface area contributed by atoms with Crippen LogP contribution in [-0.4, -0.2) is 39.3 Å². The van der Waals surface area contributed by atoms with Gasteiger partial charge in [-0.1, -0.05) is 0 Å². The van der Waals surface area contributed by atoms with Gasteiger partial charge in [-0.3, -0.25) is 9.36 Å². The molecule has 2 aromatic heterocycles.